The highest BCUT2D eigenvalue weighted by Crippen LogP contribution is 2.31. The van der Waals surface area contributed by atoms with Crippen molar-refractivity contribution >= 4 is 18.2 Å². The predicted octanol–water partition coefficient (Wildman–Crippen LogP) is 4.04. The van der Waals surface area contributed by atoms with Crippen molar-refractivity contribution in [3.05, 3.63) is 35.9 Å². The second-order valence-electron chi connectivity index (χ2n) is 11.6. The first-order chi connectivity index (χ1) is 16.7. The van der Waals surface area contributed by atoms with E-state index in [9.17, 15) is 19.6 Å². The van der Waals surface area contributed by atoms with E-state index < -0.39 is 17.4 Å². The number of likely N-dealkylation sites (tertiary alicyclic amines) is 1. The maximum atomic E-state index is 13.6. The maximum absolute atomic E-state index is 13.6. The smallest absolute Gasteiger partial charge is 0.245 e. The molecule has 1 unspecified atom stereocenters. The van der Waals surface area contributed by atoms with Crippen LogP contribution in [0.1, 0.15) is 71.3 Å². The van der Waals surface area contributed by atoms with E-state index in [1.165, 1.54) is 5.56 Å². The SMILES string of the molecule is CC(C)(C)[C@H](NC(=O)C(CC1CCCC1)CN(O)C=O)C(=O)N1CCC(Cc2ccccc2)CC1. The zero-order chi connectivity index (χ0) is 25.4. The van der Waals surface area contributed by atoms with Gasteiger partial charge in [-0.3, -0.25) is 19.6 Å². The molecule has 3 rings (SSSR count). The Labute approximate surface area is 210 Å². The van der Waals surface area contributed by atoms with Gasteiger partial charge in [-0.2, -0.15) is 0 Å². The van der Waals surface area contributed by atoms with E-state index >= 15 is 0 Å². The number of amides is 3. The third kappa shape index (κ3) is 8.06. The number of hydrogen-bond acceptors (Lipinski definition) is 4. The van der Waals surface area contributed by atoms with Crippen LogP contribution in [0.3, 0.4) is 0 Å². The summed E-state index contributed by atoms with van der Waals surface area (Å²) in [6.07, 6.45) is 8.32. The van der Waals surface area contributed by atoms with Crippen molar-refractivity contribution in [2.75, 3.05) is 19.6 Å². The normalized spacial score (nSPS) is 19.3. The molecule has 7 heteroatoms. The van der Waals surface area contributed by atoms with Gasteiger partial charge in [-0.05, 0) is 48.5 Å². The second kappa shape index (κ2) is 12.5. The Morgan fingerprint density at radius 3 is 2.29 bits per heavy atom. The lowest BCUT2D eigenvalue weighted by Gasteiger charge is -2.39. The van der Waals surface area contributed by atoms with E-state index in [1.54, 1.807) is 0 Å². The maximum Gasteiger partial charge on any atom is 0.245 e. The molecule has 2 aliphatic rings. The molecule has 0 aromatic heterocycles. The lowest BCUT2D eigenvalue weighted by molar-refractivity contribution is -0.156. The summed E-state index contributed by atoms with van der Waals surface area (Å²) in [5, 5.41) is 13.4. The van der Waals surface area contributed by atoms with Gasteiger partial charge in [0.25, 0.3) is 0 Å². The molecule has 0 bridgehead atoms. The van der Waals surface area contributed by atoms with Crippen molar-refractivity contribution in [1.29, 1.82) is 0 Å². The monoisotopic (exact) mass is 485 g/mol. The van der Waals surface area contributed by atoms with E-state index in [0.29, 0.717) is 42.8 Å². The highest BCUT2D eigenvalue weighted by Gasteiger charge is 2.38. The summed E-state index contributed by atoms with van der Waals surface area (Å²) in [7, 11) is 0. The van der Waals surface area contributed by atoms with Crippen LogP contribution < -0.4 is 5.32 Å². The van der Waals surface area contributed by atoms with E-state index in [2.05, 4.69) is 29.6 Å². The molecule has 1 aromatic carbocycles. The molecule has 1 aliphatic heterocycles. The highest BCUT2D eigenvalue weighted by atomic mass is 16.5. The Hall–Kier alpha value is -2.41. The van der Waals surface area contributed by atoms with Gasteiger partial charge in [0.05, 0.1) is 12.5 Å². The van der Waals surface area contributed by atoms with Gasteiger partial charge in [0.2, 0.25) is 18.2 Å². The van der Waals surface area contributed by atoms with Crippen LogP contribution in [0.2, 0.25) is 0 Å². The number of piperidine rings is 1. The Bertz CT molecular complexity index is 824. The van der Waals surface area contributed by atoms with Gasteiger partial charge < -0.3 is 10.2 Å². The second-order valence-corrected chi connectivity index (χ2v) is 11.6. The minimum Gasteiger partial charge on any atom is -0.344 e. The van der Waals surface area contributed by atoms with Crippen LogP contribution in [0, 0.1) is 23.2 Å². The van der Waals surface area contributed by atoms with Crippen molar-refractivity contribution in [1.82, 2.24) is 15.3 Å². The number of hydrogen-bond donors (Lipinski definition) is 2. The quantitative estimate of drug-likeness (QED) is 0.297. The summed E-state index contributed by atoms with van der Waals surface area (Å²) in [6.45, 7) is 7.23. The summed E-state index contributed by atoms with van der Waals surface area (Å²) in [6, 6.07) is 9.81. The first kappa shape index (κ1) is 27.2. The summed E-state index contributed by atoms with van der Waals surface area (Å²) < 4.78 is 0. The van der Waals surface area contributed by atoms with Gasteiger partial charge in [-0.1, -0.05) is 76.8 Å². The third-order valence-corrected chi connectivity index (χ3v) is 7.69. The minimum absolute atomic E-state index is 0.0418. The van der Waals surface area contributed by atoms with Crippen LogP contribution in [0.25, 0.3) is 0 Å². The van der Waals surface area contributed by atoms with Crippen LogP contribution in [-0.2, 0) is 20.8 Å². The average Bonchev–Trinajstić information content (AvgIpc) is 3.35. The third-order valence-electron chi connectivity index (χ3n) is 7.69. The van der Waals surface area contributed by atoms with Crippen molar-refractivity contribution in [3.63, 3.8) is 0 Å². The van der Waals surface area contributed by atoms with Crippen LogP contribution in [0.15, 0.2) is 30.3 Å². The van der Waals surface area contributed by atoms with E-state index in [4.69, 9.17) is 0 Å². The van der Waals surface area contributed by atoms with Crippen LogP contribution >= 0.6 is 0 Å². The lowest BCUT2D eigenvalue weighted by Crippen LogP contribution is -2.57. The summed E-state index contributed by atoms with van der Waals surface area (Å²) in [5.41, 5.74) is 0.869. The first-order valence-corrected chi connectivity index (χ1v) is 13.2. The van der Waals surface area contributed by atoms with Gasteiger partial charge in [-0.25, -0.2) is 5.06 Å². The number of nitrogens with one attached hydrogen (secondary N) is 1. The molecule has 194 valence electrons. The molecular formula is C28H43N3O4. The van der Waals surface area contributed by atoms with Crippen molar-refractivity contribution < 1.29 is 19.6 Å². The summed E-state index contributed by atoms with van der Waals surface area (Å²) >= 11 is 0. The van der Waals surface area contributed by atoms with E-state index in [0.717, 1.165) is 44.9 Å². The highest BCUT2D eigenvalue weighted by molar-refractivity contribution is 5.89. The summed E-state index contributed by atoms with van der Waals surface area (Å²) in [4.78, 5) is 39.9. The molecule has 1 saturated heterocycles. The van der Waals surface area contributed by atoms with Crippen molar-refractivity contribution in [3.8, 4) is 0 Å². The Balaban J connectivity index is 1.62. The van der Waals surface area contributed by atoms with Crippen molar-refractivity contribution in [2.45, 2.75) is 78.2 Å². The van der Waals surface area contributed by atoms with Gasteiger partial charge in [0, 0.05) is 13.1 Å². The minimum atomic E-state index is -0.657. The van der Waals surface area contributed by atoms with Gasteiger partial charge in [0.15, 0.2) is 0 Å². The predicted molar refractivity (Wildman–Crippen MR) is 135 cm³/mol. The number of carbonyl (C=O) groups is 3. The molecule has 0 spiro atoms. The lowest BCUT2D eigenvalue weighted by atomic mass is 9.83. The molecule has 1 aliphatic carbocycles. The zero-order valence-electron chi connectivity index (χ0n) is 21.6. The Kier molecular flexibility index (Phi) is 9.72. The zero-order valence-corrected chi connectivity index (χ0v) is 21.6. The standard InChI is InChI=1S/C28H43N3O4/c1-28(2,3)25(29-26(33)24(19-31(35)20-32)18-22-11-7-8-12-22)27(34)30-15-13-23(14-16-30)17-21-9-5-4-6-10-21/h4-6,9-10,20,22-25,35H,7-8,11-19H2,1-3H3,(H,29,33)/t24?,25-/m1/s1. The Morgan fingerprint density at radius 2 is 1.71 bits per heavy atom. The molecular weight excluding hydrogens is 442 g/mol. The van der Waals surface area contributed by atoms with Gasteiger partial charge >= 0.3 is 0 Å². The molecule has 1 heterocycles. The fourth-order valence-corrected chi connectivity index (χ4v) is 5.58. The molecule has 1 saturated carbocycles. The number of rotatable bonds is 10. The van der Waals surface area contributed by atoms with E-state index in [1.807, 2.05) is 31.7 Å². The van der Waals surface area contributed by atoms with Crippen LogP contribution in [0.4, 0.5) is 0 Å². The van der Waals surface area contributed by atoms with Gasteiger partial charge in [0.1, 0.15) is 6.04 Å². The fraction of sp³-hybridized carbons (Fsp3) is 0.679. The molecule has 1 aromatic rings. The largest absolute Gasteiger partial charge is 0.344 e. The van der Waals surface area contributed by atoms with E-state index in [-0.39, 0.29) is 18.4 Å². The molecule has 2 N–H and O–H groups in total. The number of benzene rings is 1. The molecule has 3 amide bonds. The molecule has 7 nitrogen and oxygen atoms in total. The van der Waals surface area contributed by atoms with Crippen LogP contribution in [-0.4, -0.2) is 59.1 Å². The molecule has 0 radical (unpaired) electrons. The molecule has 2 fully saturated rings. The molecule has 35 heavy (non-hydrogen) atoms. The topological polar surface area (TPSA) is 90.0 Å². The number of nitrogens with zero attached hydrogens (tertiary/aromatic N) is 2. The summed E-state index contributed by atoms with van der Waals surface area (Å²) in [5.74, 6) is 0.129. The first-order valence-electron chi connectivity index (χ1n) is 13.2. The van der Waals surface area contributed by atoms with Gasteiger partial charge in [-0.15, -0.1) is 0 Å². The van der Waals surface area contributed by atoms with Crippen molar-refractivity contribution in [2.24, 2.45) is 23.2 Å². The number of carbonyl (C=O) groups excluding carboxylic acids is 3. The molecule has 2 atom stereocenters. The number of hydroxylamine groups is 2. The fourth-order valence-electron chi connectivity index (χ4n) is 5.58. The Morgan fingerprint density at radius 1 is 1.09 bits per heavy atom. The average molecular weight is 486 g/mol. The van der Waals surface area contributed by atoms with Crippen LogP contribution in [0.5, 0.6) is 0 Å².